The molecule has 3 N–H and O–H groups in total. The van der Waals surface area contributed by atoms with E-state index in [9.17, 15) is 0 Å². The summed E-state index contributed by atoms with van der Waals surface area (Å²) in [4.78, 5) is 4.39. The van der Waals surface area contributed by atoms with Crippen molar-refractivity contribution in [2.45, 2.75) is 32.7 Å². The van der Waals surface area contributed by atoms with E-state index in [1.54, 1.807) is 0 Å². The summed E-state index contributed by atoms with van der Waals surface area (Å²) < 4.78 is 0. The summed E-state index contributed by atoms with van der Waals surface area (Å²) in [5, 5.41) is 0. The molecule has 0 amide bonds. The first kappa shape index (κ1) is 11.7. The molecule has 0 fully saturated rings. The quantitative estimate of drug-likeness (QED) is 0.341. The van der Waals surface area contributed by atoms with E-state index in [0.717, 1.165) is 18.7 Å². The highest BCUT2D eigenvalue weighted by Gasteiger charge is 1.99. The average molecular weight is 205 g/mol. The number of rotatable bonds is 4. The zero-order chi connectivity index (χ0) is 11.1. The van der Waals surface area contributed by atoms with Crippen LogP contribution in [0.2, 0.25) is 0 Å². The van der Waals surface area contributed by atoms with Crippen molar-refractivity contribution < 1.29 is 0 Å². The van der Waals surface area contributed by atoms with Gasteiger partial charge < -0.3 is 5.43 Å². The number of aryl methyl sites for hydroxylation is 1. The van der Waals surface area contributed by atoms with Crippen LogP contribution in [0.1, 0.15) is 25.8 Å². The normalized spacial score (nSPS) is 11.9. The Hall–Kier alpha value is -1.35. The summed E-state index contributed by atoms with van der Waals surface area (Å²) in [5.74, 6) is 6.27. The van der Waals surface area contributed by atoms with Crippen molar-refractivity contribution >= 4 is 5.84 Å². The van der Waals surface area contributed by atoms with Gasteiger partial charge >= 0.3 is 0 Å². The molecule has 0 aliphatic heterocycles. The van der Waals surface area contributed by atoms with Gasteiger partial charge in [-0.25, -0.2) is 5.84 Å². The van der Waals surface area contributed by atoms with Crippen molar-refractivity contribution in [2.75, 3.05) is 0 Å². The first-order chi connectivity index (χ1) is 7.22. The highest BCUT2D eigenvalue weighted by molar-refractivity contribution is 5.81. The van der Waals surface area contributed by atoms with Crippen LogP contribution in [0.25, 0.3) is 0 Å². The third-order valence-corrected chi connectivity index (χ3v) is 2.07. The first-order valence-electron chi connectivity index (χ1n) is 5.29. The van der Waals surface area contributed by atoms with Gasteiger partial charge in [0.25, 0.3) is 0 Å². The maximum atomic E-state index is 5.40. The molecule has 0 bridgehead atoms. The molecule has 0 unspecified atom stereocenters. The Morgan fingerprint density at radius 2 is 2.00 bits per heavy atom. The minimum atomic E-state index is 0.284. The molecule has 1 aromatic carbocycles. The Balaban J connectivity index is 2.48. The minimum Gasteiger partial charge on any atom is -0.312 e. The first-order valence-corrected chi connectivity index (χ1v) is 5.29. The summed E-state index contributed by atoms with van der Waals surface area (Å²) in [6.45, 7) is 4.08. The molecule has 1 rings (SSSR count). The maximum absolute atomic E-state index is 5.40. The molecule has 15 heavy (non-hydrogen) atoms. The smallest absolute Gasteiger partial charge is 0.111 e. The fourth-order valence-corrected chi connectivity index (χ4v) is 1.39. The van der Waals surface area contributed by atoms with Gasteiger partial charge in [0.1, 0.15) is 5.84 Å². The van der Waals surface area contributed by atoms with Gasteiger partial charge in [-0.1, -0.05) is 30.3 Å². The monoisotopic (exact) mass is 205 g/mol. The van der Waals surface area contributed by atoms with Crippen LogP contribution in [-0.4, -0.2) is 11.9 Å². The van der Waals surface area contributed by atoms with E-state index >= 15 is 0 Å². The Morgan fingerprint density at radius 3 is 2.53 bits per heavy atom. The zero-order valence-corrected chi connectivity index (χ0v) is 9.40. The van der Waals surface area contributed by atoms with Crippen molar-refractivity contribution in [1.82, 2.24) is 5.43 Å². The van der Waals surface area contributed by atoms with Crippen molar-refractivity contribution in [3.8, 4) is 0 Å². The minimum absolute atomic E-state index is 0.284. The molecule has 0 heterocycles. The molecule has 0 spiro atoms. The lowest BCUT2D eigenvalue weighted by Gasteiger charge is -2.07. The molecular formula is C12H19N3. The standard InChI is InChI=1S/C12H19N3/c1-10(2)14-12(15-13)9-8-11-6-4-3-5-7-11/h3-7,10H,8-9,13H2,1-2H3,(H,14,15). The second-order valence-corrected chi connectivity index (χ2v) is 3.80. The molecule has 0 aliphatic carbocycles. The van der Waals surface area contributed by atoms with E-state index in [4.69, 9.17) is 5.84 Å². The molecule has 1 aromatic rings. The molecule has 0 aliphatic rings. The van der Waals surface area contributed by atoms with Gasteiger partial charge in [0.05, 0.1) is 0 Å². The molecule has 0 saturated carbocycles. The number of nitrogens with one attached hydrogen (secondary N) is 1. The van der Waals surface area contributed by atoms with Crippen LogP contribution in [0.5, 0.6) is 0 Å². The highest BCUT2D eigenvalue weighted by Crippen LogP contribution is 2.03. The Kier molecular flexibility index (Phi) is 4.84. The van der Waals surface area contributed by atoms with Crippen molar-refractivity contribution in [2.24, 2.45) is 10.8 Å². The summed E-state index contributed by atoms with van der Waals surface area (Å²) in [6, 6.07) is 10.6. The third-order valence-electron chi connectivity index (χ3n) is 2.07. The van der Waals surface area contributed by atoms with Gasteiger partial charge in [0.15, 0.2) is 0 Å². The fraction of sp³-hybridized carbons (Fsp3) is 0.417. The molecule has 3 heteroatoms. The lowest BCUT2D eigenvalue weighted by Crippen LogP contribution is -2.31. The summed E-state index contributed by atoms with van der Waals surface area (Å²) in [5.41, 5.74) is 3.96. The maximum Gasteiger partial charge on any atom is 0.111 e. The van der Waals surface area contributed by atoms with Crippen LogP contribution in [0.4, 0.5) is 0 Å². The number of nitrogens with zero attached hydrogens (tertiary/aromatic N) is 1. The van der Waals surface area contributed by atoms with Crippen LogP contribution in [0.15, 0.2) is 35.3 Å². The Morgan fingerprint density at radius 1 is 1.33 bits per heavy atom. The van der Waals surface area contributed by atoms with E-state index in [-0.39, 0.29) is 6.04 Å². The van der Waals surface area contributed by atoms with Gasteiger partial charge in [0.2, 0.25) is 0 Å². The number of nitrogens with two attached hydrogens (primary N) is 1. The molecule has 0 atom stereocenters. The van der Waals surface area contributed by atoms with Crippen molar-refractivity contribution in [1.29, 1.82) is 0 Å². The molecular weight excluding hydrogens is 186 g/mol. The Bertz CT molecular complexity index is 304. The van der Waals surface area contributed by atoms with Crippen molar-refractivity contribution in [3.05, 3.63) is 35.9 Å². The fourth-order valence-electron chi connectivity index (χ4n) is 1.39. The van der Waals surface area contributed by atoms with Crippen LogP contribution in [0.3, 0.4) is 0 Å². The molecule has 0 aromatic heterocycles. The van der Waals surface area contributed by atoms with Crippen LogP contribution in [0, 0.1) is 0 Å². The van der Waals surface area contributed by atoms with Crippen LogP contribution in [-0.2, 0) is 6.42 Å². The van der Waals surface area contributed by atoms with Gasteiger partial charge in [-0.3, -0.25) is 4.99 Å². The van der Waals surface area contributed by atoms with E-state index in [0.29, 0.717) is 0 Å². The third kappa shape index (κ3) is 4.61. The van der Waals surface area contributed by atoms with E-state index in [1.807, 2.05) is 32.0 Å². The van der Waals surface area contributed by atoms with E-state index < -0.39 is 0 Å². The predicted octanol–water partition coefficient (Wildman–Crippen LogP) is 1.89. The average Bonchev–Trinajstić information content (AvgIpc) is 2.25. The summed E-state index contributed by atoms with van der Waals surface area (Å²) in [6.07, 6.45) is 1.83. The van der Waals surface area contributed by atoms with E-state index in [2.05, 4.69) is 22.6 Å². The molecule has 3 nitrogen and oxygen atoms in total. The number of hydrazine groups is 1. The number of aliphatic imine (C=N–C) groups is 1. The predicted molar refractivity (Wildman–Crippen MR) is 64.7 cm³/mol. The second kappa shape index (κ2) is 6.19. The highest BCUT2D eigenvalue weighted by atomic mass is 15.2. The second-order valence-electron chi connectivity index (χ2n) is 3.80. The summed E-state index contributed by atoms with van der Waals surface area (Å²) >= 11 is 0. The molecule has 0 radical (unpaired) electrons. The van der Waals surface area contributed by atoms with Gasteiger partial charge in [-0.15, -0.1) is 0 Å². The number of hydrogen-bond donors (Lipinski definition) is 2. The zero-order valence-electron chi connectivity index (χ0n) is 9.40. The van der Waals surface area contributed by atoms with Gasteiger partial charge in [-0.2, -0.15) is 0 Å². The SMILES string of the molecule is CC(C)N=C(CCc1ccccc1)NN. The number of benzene rings is 1. The number of hydrogen-bond acceptors (Lipinski definition) is 2. The van der Waals surface area contributed by atoms with E-state index in [1.165, 1.54) is 5.56 Å². The largest absolute Gasteiger partial charge is 0.312 e. The number of amidine groups is 1. The molecule has 0 saturated heterocycles. The molecule has 82 valence electrons. The summed E-state index contributed by atoms with van der Waals surface area (Å²) in [7, 11) is 0. The lowest BCUT2D eigenvalue weighted by molar-refractivity contribution is 0.801. The van der Waals surface area contributed by atoms with Gasteiger partial charge in [-0.05, 0) is 25.8 Å². The van der Waals surface area contributed by atoms with Crippen LogP contribution < -0.4 is 11.3 Å². The van der Waals surface area contributed by atoms with Crippen LogP contribution >= 0.6 is 0 Å². The van der Waals surface area contributed by atoms with Gasteiger partial charge in [0, 0.05) is 12.5 Å². The lowest BCUT2D eigenvalue weighted by atomic mass is 10.1. The topological polar surface area (TPSA) is 50.4 Å². The van der Waals surface area contributed by atoms with Crippen molar-refractivity contribution in [3.63, 3.8) is 0 Å². The Labute approximate surface area is 91.4 Å².